The lowest BCUT2D eigenvalue weighted by Crippen LogP contribution is -2.03. The van der Waals surface area contributed by atoms with E-state index in [2.05, 4.69) is 126 Å². The molecule has 0 N–H and O–H groups in total. The van der Waals surface area contributed by atoms with Gasteiger partial charge in [-0.05, 0) is 62.0 Å². The zero-order chi connectivity index (χ0) is 32.1. The van der Waals surface area contributed by atoms with Gasteiger partial charge in [0.1, 0.15) is 0 Å². The number of fused-ring (bicyclic) bond motifs is 4. The number of hydrogen-bond donors (Lipinski definition) is 0. The Morgan fingerprint density at radius 1 is 0.306 bits per heavy atom. The molecule has 4 nitrogen and oxygen atoms in total. The molecule has 0 fully saturated rings. The lowest BCUT2D eigenvalue weighted by molar-refractivity contribution is 1.06. The molecule has 226 valence electrons. The topological polar surface area (TPSA) is 43.6 Å². The van der Waals surface area contributed by atoms with Crippen LogP contribution in [0.4, 0.5) is 0 Å². The lowest BCUT2D eigenvalue weighted by atomic mass is 9.86. The van der Waals surface area contributed by atoms with Gasteiger partial charge in [-0.15, -0.1) is 0 Å². The van der Waals surface area contributed by atoms with Crippen LogP contribution in [0.2, 0.25) is 0 Å². The van der Waals surface area contributed by atoms with E-state index in [0.29, 0.717) is 17.5 Å². The summed E-state index contributed by atoms with van der Waals surface area (Å²) in [5, 5.41) is 13.0. The monoisotopic (exact) mass is 622 g/mol. The average molecular weight is 623 g/mol. The van der Waals surface area contributed by atoms with E-state index >= 15 is 0 Å². The van der Waals surface area contributed by atoms with Gasteiger partial charge >= 0.3 is 0 Å². The Kier molecular flexibility index (Phi) is 5.35. The summed E-state index contributed by atoms with van der Waals surface area (Å²) in [6.07, 6.45) is 0. The number of nitrogens with zero attached hydrogens (tertiary/aromatic N) is 4. The quantitative estimate of drug-likeness (QED) is 0.145. The molecule has 0 aliphatic carbocycles. The van der Waals surface area contributed by atoms with E-state index in [4.69, 9.17) is 15.0 Å². The van der Waals surface area contributed by atoms with Gasteiger partial charge in [0.15, 0.2) is 17.5 Å². The zero-order valence-corrected chi connectivity index (χ0v) is 26.3. The summed E-state index contributed by atoms with van der Waals surface area (Å²) in [5.41, 5.74) is 6.23. The van der Waals surface area contributed by atoms with E-state index in [-0.39, 0.29) is 0 Å². The van der Waals surface area contributed by atoms with Gasteiger partial charge in [-0.3, -0.25) is 0 Å². The standard InChI is InChI=1S/C45H26N4/c1-3-13-27(14-4-1)43-46-44(28-15-5-2-6-16-28)48-45(47-43)35-19-9-10-23-36(35)49-37-24-12-22-33-32-21-11-20-31-29-17-7-8-18-30(29)34-25-26-38(49)42(40(33)37)41(34)39(31)32/h1-26H. The maximum absolute atomic E-state index is 5.13. The molecule has 2 aromatic heterocycles. The molecule has 0 atom stereocenters. The third-order valence-corrected chi connectivity index (χ3v) is 10.2. The van der Waals surface area contributed by atoms with Crippen molar-refractivity contribution < 1.29 is 0 Å². The Labute approximate surface area is 281 Å². The highest BCUT2D eigenvalue weighted by Gasteiger charge is 2.25. The maximum Gasteiger partial charge on any atom is 0.166 e. The number of para-hydroxylation sites is 1. The second-order valence-electron chi connectivity index (χ2n) is 12.7. The summed E-state index contributed by atoms with van der Waals surface area (Å²) in [6.45, 7) is 0. The Hall–Kier alpha value is -6.65. The van der Waals surface area contributed by atoms with Crippen LogP contribution in [0, 0.1) is 0 Å². The first-order valence-corrected chi connectivity index (χ1v) is 16.6. The van der Waals surface area contributed by atoms with Crippen molar-refractivity contribution in [3.05, 3.63) is 158 Å². The van der Waals surface area contributed by atoms with E-state index in [1.165, 1.54) is 64.9 Å². The molecule has 11 rings (SSSR count). The molecule has 0 amide bonds. The van der Waals surface area contributed by atoms with Gasteiger partial charge in [-0.2, -0.15) is 0 Å². The fraction of sp³-hybridized carbons (Fsp3) is 0. The molecular weight excluding hydrogens is 597 g/mol. The molecule has 0 aliphatic rings. The molecule has 0 saturated heterocycles. The Balaban J connectivity index is 1.26. The van der Waals surface area contributed by atoms with Crippen molar-refractivity contribution in [3.63, 3.8) is 0 Å². The SMILES string of the molecule is c1ccc(-c2nc(-c3ccccc3)nc(-c3ccccc3-n3c4cccc5c6cccc7c8ccccc8c8ccc3c(c8c76)c54)n2)cc1. The van der Waals surface area contributed by atoms with E-state index in [1.807, 2.05) is 36.4 Å². The summed E-state index contributed by atoms with van der Waals surface area (Å²) >= 11 is 0. The highest BCUT2D eigenvalue weighted by molar-refractivity contribution is 6.44. The van der Waals surface area contributed by atoms with Gasteiger partial charge < -0.3 is 4.57 Å². The van der Waals surface area contributed by atoms with Gasteiger partial charge in [-0.1, -0.05) is 133 Å². The highest BCUT2D eigenvalue weighted by atomic mass is 15.1. The van der Waals surface area contributed by atoms with Crippen molar-refractivity contribution >= 4 is 64.9 Å². The maximum atomic E-state index is 5.13. The third kappa shape index (κ3) is 3.66. The van der Waals surface area contributed by atoms with E-state index in [9.17, 15) is 0 Å². The fourth-order valence-electron chi connectivity index (χ4n) is 8.13. The van der Waals surface area contributed by atoms with Gasteiger partial charge in [0, 0.05) is 32.8 Å². The minimum Gasteiger partial charge on any atom is -0.308 e. The van der Waals surface area contributed by atoms with Crippen LogP contribution in [0.3, 0.4) is 0 Å². The molecular formula is C45H26N4. The average Bonchev–Trinajstić information content (AvgIpc) is 3.53. The molecule has 49 heavy (non-hydrogen) atoms. The first kappa shape index (κ1) is 26.4. The number of aromatic nitrogens is 4. The summed E-state index contributed by atoms with van der Waals surface area (Å²) < 4.78 is 2.42. The van der Waals surface area contributed by atoms with Crippen molar-refractivity contribution in [2.24, 2.45) is 0 Å². The largest absolute Gasteiger partial charge is 0.308 e. The van der Waals surface area contributed by atoms with Crippen LogP contribution in [-0.4, -0.2) is 19.5 Å². The van der Waals surface area contributed by atoms with E-state index in [0.717, 1.165) is 22.4 Å². The number of benzene rings is 9. The third-order valence-electron chi connectivity index (χ3n) is 10.2. The van der Waals surface area contributed by atoms with Crippen LogP contribution in [0.15, 0.2) is 158 Å². The molecule has 0 saturated carbocycles. The fourth-order valence-corrected chi connectivity index (χ4v) is 8.13. The van der Waals surface area contributed by atoms with Gasteiger partial charge in [0.2, 0.25) is 0 Å². The number of hydrogen-bond acceptors (Lipinski definition) is 3. The van der Waals surface area contributed by atoms with Crippen molar-refractivity contribution in [2.75, 3.05) is 0 Å². The first-order valence-electron chi connectivity index (χ1n) is 16.6. The summed E-state index contributed by atoms with van der Waals surface area (Å²) in [5.74, 6) is 1.94. The van der Waals surface area contributed by atoms with E-state index < -0.39 is 0 Å². The van der Waals surface area contributed by atoms with Gasteiger partial charge in [0.25, 0.3) is 0 Å². The van der Waals surface area contributed by atoms with Gasteiger partial charge in [-0.25, -0.2) is 15.0 Å². The van der Waals surface area contributed by atoms with Gasteiger partial charge in [0.05, 0.1) is 16.7 Å². The molecule has 0 radical (unpaired) electrons. The van der Waals surface area contributed by atoms with Crippen molar-refractivity contribution in [1.29, 1.82) is 0 Å². The smallest absolute Gasteiger partial charge is 0.166 e. The summed E-state index contributed by atoms with van der Waals surface area (Å²) in [7, 11) is 0. The molecule has 0 aliphatic heterocycles. The predicted molar refractivity (Wildman–Crippen MR) is 203 cm³/mol. The van der Waals surface area contributed by atoms with Crippen LogP contribution in [0.1, 0.15) is 0 Å². The minimum absolute atomic E-state index is 0.641. The Bertz CT molecular complexity index is 2980. The molecule has 0 spiro atoms. The van der Waals surface area contributed by atoms with Crippen LogP contribution in [-0.2, 0) is 0 Å². The first-order chi connectivity index (χ1) is 24.3. The highest BCUT2D eigenvalue weighted by Crippen LogP contribution is 2.49. The van der Waals surface area contributed by atoms with Crippen molar-refractivity contribution in [3.8, 4) is 39.9 Å². The second kappa shape index (κ2) is 9.93. The Morgan fingerprint density at radius 2 is 0.796 bits per heavy atom. The summed E-state index contributed by atoms with van der Waals surface area (Å²) in [4.78, 5) is 15.2. The minimum atomic E-state index is 0.641. The van der Waals surface area contributed by atoms with Crippen molar-refractivity contribution in [2.45, 2.75) is 0 Å². The zero-order valence-electron chi connectivity index (χ0n) is 26.3. The lowest BCUT2D eigenvalue weighted by Gasteiger charge is -2.16. The Morgan fingerprint density at radius 3 is 1.49 bits per heavy atom. The van der Waals surface area contributed by atoms with Crippen LogP contribution in [0.25, 0.3) is 105 Å². The van der Waals surface area contributed by atoms with E-state index in [1.54, 1.807) is 0 Å². The normalized spacial score (nSPS) is 12.1. The van der Waals surface area contributed by atoms with Crippen molar-refractivity contribution in [1.82, 2.24) is 19.5 Å². The van der Waals surface area contributed by atoms with Crippen LogP contribution < -0.4 is 0 Å². The molecule has 0 bridgehead atoms. The molecule has 2 heterocycles. The molecule has 4 heteroatoms. The molecule has 0 unspecified atom stereocenters. The van der Waals surface area contributed by atoms with Crippen LogP contribution in [0.5, 0.6) is 0 Å². The predicted octanol–water partition coefficient (Wildman–Crippen LogP) is 11.5. The molecule has 11 aromatic rings. The number of rotatable bonds is 4. The molecule has 9 aromatic carbocycles. The second-order valence-corrected chi connectivity index (χ2v) is 12.7. The summed E-state index contributed by atoms with van der Waals surface area (Å²) in [6, 6.07) is 55.8. The van der Waals surface area contributed by atoms with Crippen LogP contribution >= 0.6 is 0 Å².